The van der Waals surface area contributed by atoms with Gasteiger partial charge in [0, 0.05) is 13.0 Å². The van der Waals surface area contributed by atoms with Crippen LogP contribution >= 0.6 is 0 Å². The van der Waals surface area contributed by atoms with Crippen LogP contribution < -0.4 is 5.32 Å². The number of halogens is 1. The van der Waals surface area contributed by atoms with Gasteiger partial charge in [-0.05, 0) is 5.56 Å². The fourth-order valence-electron chi connectivity index (χ4n) is 2.11. The molecule has 1 saturated heterocycles. The fourth-order valence-corrected chi connectivity index (χ4v) is 2.11. The lowest BCUT2D eigenvalue weighted by Crippen LogP contribution is -2.59. The highest BCUT2D eigenvalue weighted by Gasteiger charge is 2.33. The number of carbonyl (C=O) groups is 2. The number of hydrogen-bond acceptors (Lipinski definition) is 2. The minimum absolute atomic E-state index is 0.0241. The smallest absolute Gasteiger partial charge is 0.243 e. The van der Waals surface area contributed by atoms with E-state index in [9.17, 15) is 14.0 Å². The maximum absolute atomic E-state index is 12.5. The highest BCUT2D eigenvalue weighted by Crippen LogP contribution is 2.12. The summed E-state index contributed by atoms with van der Waals surface area (Å²) in [7, 11) is 0. The third-order valence-electron chi connectivity index (χ3n) is 3.01. The summed E-state index contributed by atoms with van der Waals surface area (Å²) in [6.45, 7) is -0.696. The van der Waals surface area contributed by atoms with Crippen LogP contribution in [0.2, 0.25) is 0 Å². The van der Waals surface area contributed by atoms with Crippen LogP contribution in [0.15, 0.2) is 30.3 Å². The number of piperazine rings is 1. The van der Waals surface area contributed by atoms with E-state index in [0.29, 0.717) is 6.42 Å². The summed E-state index contributed by atoms with van der Waals surface area (Å²) in [6, 6.07) is 8.80. The molecule has 1 aliphatic heterocycles. The zero-order valence-corrected chi connectivity index (χ0v) is 9.93. The molecule has 1 fully saturated rings. The van der Waals surface area contributed by atoms with Crippen LogP contribution in [0, 0.1) is 0 Å². The van der Waals surface area contributed by atoms with Crippen molar-refractivity contribution in [3.8, 4) is 0 Å². The predicted molar refractivity (Wildman–Crippen MR) is 64.6 cm³/mol. The van der Waals surface area contributed by atoms with Crippen LogP contribution in [0.25, 0.3) is 0 Å². The van der Waals surface area contributed by atoms with Crippen molar-refractivity contribution in [2.75, 3.05) is 19.8 Å². The molecule has 4 nitrogen and oxygen atoms in total. The Morgan fingerprint density at radius 3 is 2.67 bits per heavy atom. The molecule has 0 saturated carbocycles. The third kappa shape index (κ3) is 2.67. The number of nitrogens with zero attached hydrogens (tertiary/aromatic N) is 1. The quantitative estimate of drug-likeness (QED) is 0.847. The van der Waals surface area contributed by atoms with Gasteiger partial charge in [-0.3, -0.25) is 9.59 Å². The Kier molecular flexibility index (Phi) is 3.92. The van der Waals surface area contributed by atoms with E-state index >= 15 is 0 Å². The summed E-state index contributed by atoms with van der Waals surface area (Å²) in [5, 5.41) is 2.54. The molecule has 18 heavy (non-hydrogen) atoms. The third-order valence-corrected chi connectivity index (χ3v) is 3.01. The summed E-state index contributed by atoms with van der Waals surface area (Å²) >= 11 is 0. The number of nitrogens with one attached hydrogen (secondary N) is 1. The first-order chi connectivity index (χ1) is 8.72. The summed E-state index contributed by atoms with van der Waals surface area (Å²) in [5.41, 5.74) is 0.955. The Balaban J connectivity index is 2.15. The first-order valence-electron chi connectivity index (χ1n) is 5.89. The van der Waals surface area contributed by atoms with Crippen molar-refractivity contribution in [1.82, 2.24) is 10.2 Å². The molecule has 1 aromatic rings. The summed E-state index contributed by atoms with van der Waals surface area (Å²) in [4.78, 5) is 24.8. The lowest BCUT2D eigenvalue weighted by molar-refractivity contribution is -0.145. The molecule has 2 amide bonds. The summed E-state index contributed by atoms with van der Waals surface area (Å²) < 4.78 is 12.5. The van der Waals surface area contributed by atoms with Gasteiger partial charge in [-0.15, -0.1) is 0 Å². The van der Waals surface area contributed by atoms with Crippen molar-refractivity contribution in [3.05, 3.63) is 35.9 Å². The van der Waals surface area contributed by atoms with E-state index in [1.54, 1.807) is 0 Å². The molecule has 1 heterocycles. The minimum Gasteiger partial charge on any atom is -0.345 e. The second kappa shape index (κ2) is 5.62. The van der Waals surface area contributed by atoms with Crippen LogP contribution in [0.3, 0.4) is 0 Å². The van der Waals surface area contributed by atoms with Crippen molar-refractivity contribution in [2.24, 2.45) is 0 Å². The molecule has 0 spiro atoms. The molecule has 0 aromatic heterocycles. The number of rotatable bonds is 4. The van der Waals surface area contributed by atoms with Crippen molar-refractivity contribution in [1.29, 1.82) is 0 Å². The van der Waals surface area contributed by atoms with Crippen LogP contribution in [0.5, 0.6) is 0 Å². The van der Waals surface area contributed by atoms with E-state index in [2.05, 4.69) is 5.32 Å². The highest BCUT2D eigenvalue weighted by atomic mass is 19.1. The highest BCUT2D eigenvalue weighted by molar-refractivity contribution is 5.95. The van der Waals surface area contributed by atoms with Gasteiger partial charge in [-0.25, -0.2) is 4.39 Å². The standard InChI is InChI=1S/C13H15FN2O2/c14-6-7-16-11(13(18)15-9-12(16)17)8-10-4-2-1-3-5-10/h1-5,11H,6-9H2,(H,15,18). The second-order valence-corrected chi connectivity index (χ2v) is 4.20. The van der Waals surface area contributed by atoms with E-state index in [1.165, 1.54) is 4.90 Å². The average Bonchev–Trinajstić information content (AvgIpc) is 2.39. The van der Waals surface area contributed by atoms with Crippen LogP contribution in [-0.4, -0.2) is 42.5 Å². The number of alkyl halides is 1. The Hall–Kier alpha value is -1.91. The Labute approximate surface area is 105 Å². The van der Waals surface area contributed by atoms with E-state index in [4.69, 9.17) is 0 Å². The molecule has 1 atom stereocenters. The largest absolute Gasteiger partial charge is 0.345 e. The molecular formula is C13H15FN2O2. The molecule has 1 N–H and O–H groups in total. The summed E-state index contributed by atoms with van der Waals surface area (Å²) in [6.07, 6.45) is 0.415. The van der Waals surface area contributed by atoms with Crippen molar-refractivity contribution in [2.45, 2.75) is 12.5 Å². The van der Waals surface area contributed by atoms with Crippen molar-refractivity contribution in [3.63, 3.8) is 0 Å². The van der Waals surface area contributed by atoms with E-state index in [0.717, 1.165) is 5.56 Å². The van der Waals surface area contributed by atoms with Crippen molar-refractivity contribution >= 4 is 11.8 Å². The Morgan fingerprint density at radius 1 is 1.28 bits per heavy atom. The zero-order valence-electron chi connectivity index (χ0n) is 9.93. The predicted octanol–water partition coefficient (Wildman–Crippen LogP) is 0.526. The number of hydrogen-bond donors (Lipinski definition) is 1. The van der Waals surface area contributed by atoms with Gasteiger partial charge >= 0.3 is 0 Å². The van der Waals surface area contributed by atoms with Gasteiger partial charge in [-0.1, -0.05) is 30.3 Å². The molecule has 0 bridgehead atoms. The van der Waals surface area contributed by atoms with Gasteiger partial charge < -0.3 is 10.2 Å². The molecule has 0 aliphatic carbocycles. The van der Waals surface area contributed by atoms with Gasteiger partial charge in [0.05, 0.1) is 6.54 Å². The van der Waals surface area contributed by atoms with E-state index in [1.807, 2.05) is 30.3 Å². The van der Waals surface area contributed by atoms with Crippen molar-refractivity contribution < 1.29 is 14.0 Å². The zero-order chi connectivity index (χ0) is 13.0. The molecule has 1 aliphatic rings. The lowest BCUT2D eigenvalue weighted by Gasteiger charge is -2.34. The maximum Gasteiger partial charge on any atom is 0.243 e. The number of carbonyl (C=O) groups excluding carboxylic acids is 2. The molecule has 1 aromatic carbocycles. The monoisotopic (exact) mass is 250 g/mol. The van der Waals surface area contributed by atoms with Gasteiger partial charge in [0.1, 0.15) is 12.7 Å². The normalized spacial score (nSPS) is 19.8. The molecule has 5 heteroatoms. The number of benzene rings is 1. The van der Waals surface area contributed by atoms with Gasteiger partial charge in [0.15, 0.2) is 0 Å². The first-order valence-corrected chi connectivity index (χ1v) is 5.89. The van der Waals surface area contributed by atoms with Crippen LogP contribution in [0.4, 0.5) is 4.39 Å². The van der Waals surface area contributed by atoms with Crippen LogP contribution in [0.1, 0.15) is 5.56 Å². The topological polar surface area (TPSA) is 49.4 Å². The fraction of sp³-hybridized carbons (Fsp3) is 0.385. The first kappa shape index (κ1) is 12.5. The van der Waals surface area contributed by atoms with E-state index < -0.39 is 12.7 Å². The molecule has 1 unspecified atom stereocenters. The SMILES string of the molecule is O=C1NCC(=O)N(CCF)C1Cc1ccccc1. The minimum atomic E-state index is -0.635. The average molecular weight is 250 g/mol. The second-order valence-electron chi connectivity index (χ2n) is 4.20. The lowest BCUT2D eigenvalue weighted by atomic mass is 10.0. The Bertz CT molecular complexity index is 436. The van der Waals surface area contributed by atoms with Gasteiger partial charge in [0.2, 0.25) is 11.8 Å². The molecule has 2 rings (SSSR count). The molecule has 0 radical (unpaired) electrons. The maximum atomic E-state index is 12.5. The van der Waals surface area contributed by atoms with Crippen LogP contribution in [-0.2, 0) is 16.0 Å². The van der Waals surface area contributed by atoms with Gasteiger partial charge in [0.25, 0.3) is 0 Å². The Morgan fingerprint density at radius 2 is 2.00 bits per heavy atom. The summed E-state index contributed by atoms with van der Waals surface area (Å²) in [5.74, 6) is -0.444. The molecule has 96 valence electrons. The molecular weight excluding hydrogens is 235 g/mol. The van der Waals surface area contributed by atoms with Gasteiger partial charge in [-0.2, -0.15) is 0 Å². The van der Waals surface area contributed by atoms with E-state index in [-0.39, 0.29) is 24.9 Å². The number of amides is 2.